The lowest BCUT2D eigenvalue weighted by Gasteiger charge is -2.26. The molecular weight excluding hydrogens is 408 g/mol. The van der Waals surface area contributed by atoms with E-state index in [1.807, 2.05) is 0 Å². The van der Waals surface area contributed by atoms with Crippen molar-refractivity contribution in [2.45, 2.75) is 30.2 Å². The summed E-state index contributed by atoms with van der Waals surface area (Å²) >= 11 is 0. The molecular formula is C20H24N4O5S. The summed E-state index contributed by atoms with van der Waals surface area (Å²) in [4.78, 5) is 24.6. The Balaban J connectivity index is 1.43. The zero-order chi connectivity index (χ0) is 21.3. The van der Waals surface area contributed by atoms with Crippen LogP contribution in [0.2, 0.25) is 0 Å². The van der Waals surface area contributed by atoms with E-state index in [0.717, 1.165) is 17.7 Å². The van der Waals surface area contributed by atoms with E-state index in [1.165, 1.54) is 33.3 Å². The maximum absolute atomic E-state index is 12.7. The molecule has 1 aromatic heterocycles. The lowest BCUT2D eigenvalue weighted by molar-refractivity contribution is 0.0730. The van der Waals surface area contributed by atoms with E-state index in [1.54, 1.807) is 13.1 Å². The van der Waals surface area contributed by atoms with Crippen LogP contribution >= 0.6 is 0 Å². The van der Waals surface area contributed by atoms with E-state index < -0.39 is 10.0 Å². The molecule has 1 saturated heterocycles. The lowest BCUT2D eigenvalue weighted by atomic mass is 9.92. The van der Waals surface area contributed by atoms with Crippen molar-refractivity contribution in [2.75, 3.05) is 26.3 Å². The average molecular weight is 433 g/mol. The number of rotatable bonds is 4. The van der Waals surface area contributed by atoms with Crippen LogP contribution in [0.5, 0.6) is 0 Å². The average Bonchev–Trinajstić information content (AvgIpc) is 2.75. The zero-order valence-electron chi connectivity index (χ0n) is 16.7. The molecule has 4 rings (SSSR count). The Hall–Kier alpha value is -2.56. The summed E-state index contributed by atoms with van der Waals surface area (Å²) in [5, 5.41) is 7.26. The summed E-state index contributed by atoms with van der Waals surface area (Å²) < 4.78 is 33.3. The maximum Gasteiger partial charge on any atom is 0.266 e. The summed E-state index contributed by atoms with van der Waals surface area (Å²) in [7, 11) is -1.97. The van der Waals surface area contributed by atoms with Gasteiger partial charge < -0.3 is 10.1 Å². The molecule has 1 atom stereocenters. The molecule has 160 valence electrons. The number of fused-ring (bicyclic) bond motifs is 1. The van der Waals surface area contributed by atoms with Gasteiger partial charge in [0.05, 0.1) is 23.8 Å². The maximum atomic E-state index is 12.7. The normalized spacial score (nSPS) is 19.8. The number of hydrogen-bond acceptors (Lipinski definition) is 6. The third kappa shape index (κ3) is 4.16. The van der Waals surface area contributed by atoms with Gasteiger partial charge in [-0.25, -0.2) is 13.1 Å². The Bertz CT molecular complexity index is 1110. The van der Waals surface area contributed by atoms with E-state index >= 15 is 0 Å². The number of aryl methyl sites for hydroxylation is 2. The molecule has 0 spiro atoms. The second-order valence-electron chi connectivity index (χ2n) is 7.53. The highest BCUT2D eigenvalue weighted by Crippen LogP contribution is 2.20. The quantitative estimate of drug-likeness (QED) is 0.733. The number of benzene rings is 1. The molecule has 2 aliphatic rings. The second kappa shape index (κ2) is 8.29. The first-order chi connectivity index (χ1) is 14.3. The van der Waals surface area contributed by atoms with Gasteiger partial charge in [0.2, 0.25) is 10.0 Å². The molecule has 0 saturated carbocycles. The Morgan fingerprint density at radius 2 is 1.90 bits per heavy atom. The molecule has 1 aromatic carbocycles. The standard InChI is InChI=1S/C20H24N4O5S/c1-23-19(25)13-15-12-16(4-7-18(15)22-23)21-20(26)14-2-5-17(6-3-14)30(27,28)24-8-10-29-11-9-24/h2-3,5-6,13,16H,4,7-12H2,1H3,(H,21,26)/t16-/m0/s1. The number of carbonyl (C=O) groups excluding carboxylic acids is 1. The van der Waals surface area contributed by atoms with Gasteiger partial charge >= 0.3 is 0 Å². The summed E-state index contributed by atoms with van der Waals surface area (Å²) in [6.07, 6.45) is 1.96. The van der Waals surface area contributed by atoms with Crippen LogP contribution in [0.4, 0.5) is 0 Å². The van der Waals surface area contributed by atoms with E-state index in [4.69, 9.17) is 4.74 Å². The van der Waals surface area contributed by atoms with Gasteiger partial charge in [-0.05, 0) is 49.1 Å². The Kier molecular flexibility index (Phi) is 5.72. The van der Waals surface area contributed by atoms with Gasteiger partial charge in [0.1, 0.15) is 0 Å². The Morgan fingerprint density at radius 3 is 2.60 bits per heavy atom. The fourth-order valence-electron chi connectivity index (χ4n) is 3.79. The highest BCUT2D eigenvalue weighted by molar-refractivity contribution is 7.89. The summed E-state index contributed by atoms with van der Waals surface area (Å²) in [6, 6.07) is 7.45. The minimum absolute atomic E-state index is 0.101. The van der Waals surface area contributed by atoms with Gasteiger partial charge in [-0.2, -0.15) is 9.40 Å². The van der Waals surface area contributed by atoms with Gasteiger partial charge in [-0.15, -0.1) is 0 Å². The molecule has 2 heterocycles. The van der Waals surface area contributed by atoms with Gasteiger partial charge in [0.25, 0.3) is 11.5 Å². The summed E-state index contributed by atoms with van der Waals surface area (Å²) in [6.45, 7) is 1.41. The van der Waals surface area contributed by atoms with Gasteiger partial charge in [0.15, 0.2) is 0 Å². The number of amides is 1. The first kappa shape index (κ1) is 20.7. The monoisotopic (exact) mass is 432 g/mol. The van der Waals surface area contributed by atoms with Crippen molar-refractivity contribution in [1.82, 2.24) is 19.4 Å². The van der Waals surface area contributed by atoms with Crippen molar-refractivity contribution in [3.63, 3.8) is 0 Å². The number of nitrogens with zero attached hydrogens (tertiary/aromatic N) is 3. The number of hydrogen-bond donors (Lipinski definition) is 1. The molecule has 1 aliphatic heterocycles. The second-order valence-corrected chi connectivity index (χ2v) is 9.47. The lowest BCUT2D eigenvalue weighted by Crippen LogP contribution is -2.41. The summed E-state index contributed by atoms with van der Waals surface area (Å²) in [5.74, 6) is -0.268. The minimum Gasteiger partial charge on any atom is -0.379 e. The number of ether oxygens (including phenoxy) is 1. The van der Waals surface area contributed by atoms with E-state index in [2.05, 4.69) is 10.4 Å². The first-order valence-corrected chi connectivity index (χ1v) is 11.3. The molecule has 9 nitrogen and oxygen atoms in total. The molecule has 0 bridgehead atoms. The molecule has 10 heteroatoms. The van der Waals surface area contributed by atoms with Crippen molar-refractivity contribution in [3.05, 3.63) is 57.5 Å². The van der Waals surface area contributed by atoms with Crippen molar-refractivity contribution in [1.29, 1.82) is 0 Å². The number of sulfonamides is 1. The van der Waals surface area contributed by atoms with Crippen molar-refractivity contribution in [3.8, 4) is 0 Å². The third-order valence-corrected chi connectivity index (χ3v) is 7.43. The van der Waals surface area contributed by atoms with Gasteiger partial charge in [-0.1, -0.05) is 0 Å². The fourth-order valence-corrected chi connectivity index (χ4v) is 5.20. The predicted octanol–water partition coefficient (Wildman–Crippen LogP) is 0.0885. The van der Waals surface area contributed by atoms with Crippen molar-refractivity contribution >= 4 is 15.9 Å². The van der Waals surface area contributed by atoms with Crippen LogP contribution in [0.15, 0.2) is 40.0 Å². The van der Waals surface area contributed by atoms with Crippen LogP contribution in [0.25, 0.3) is 0 Å². The van der Waals surface area contributed by atoms with Crippen LogP contribution in [0, 0.1) is 0 Å². The smallest absolute Gasteiger partial charge is 0.266 e. The largest absolute Gasteiger partial charge is 0.379 e. The Labute approximate surface area is 174 Å². The molecule has 1 N–H and O–H groups in total. The number of morpholine rings is 1. The van der Waals surface area contributed by atoms with Gasteiger partial charge in [-0.3, -0.25) is 9.59 Å². The molecule has 2 aromatic rings. The minimum atomic E-state index is -3.59. The number of carbonyl (C=O) groups is 1. The first-order valence-electron chi connectivity index (χ1n) is 9.89. The molecule has 1 aliphatic carbocycles. The molecule has 30 heavy (non-hydrogen) atoms. The zero-order valence-corrected chi connectivity index (χ0v) is 17.5. The summed E-state index contributed by atoms with van der Waals surface area (Å²) in [5.41, 5.74) is 1.98. The van der Waals surface area contributed by atoms with Crippen molar-refractivity contribution in [2.24, 2.45) is 7.05 Å². The molecule has 0 unspecified atom stereocenters. The van der Waals surface area contributed by atoms with Crippen LogP contribution in [0.1, 0.15) is 28.0 Å². The van der Waals surface area contributed by atoms with Crippen LogP contribution < -0.4 is 10.9 Å². The predicted molar refractivity (Wildman–Crippen MR) is 109 cm³/mol. The topological polar surface area (TPSA) is 111 Å². The highest BCUT2D eigenvalue weighted by atomic mass is 32.2. The van der Waals surface area contributed by atoms with Crippen LogP contribution in [0.3, 0.4) is 0 Å². The highest BCUT2D eigenvalue weighted by Gasteiger charge is 2.27. The molecule has 0 radical (unpaired) electrons. The van der Waals surface area contributed by atoms with E-state index in [0.29, 0.717) is 44.7 Å². The number of aromatic nitrogens is 2. The van der Waals surface area contributed by atoms with Crippen molar-refractivity contribution < 1.29 is 17.9 Å². The number of nitrogens with one attached hydrogen (secondary N) is 1. The fraction of sp³-hybridized carbons (Fsp3) is 0.450. The van der Waals surface area contributed by atoms with E-state index in [9.17, 15) is 18.0 Å². The molecule has 1 amide bonds. The molecule has 1 fully saturated rings. The Morgan fingerprint density at radius 1 is 1.20 bits per heavy atom. The van der Waals surface area contributed by atoms with Crippen LogP contribution in [-0.4, -0.2) is 60.8 Å². The van der Waals surface area contributed by atoms with Crippen LogP contribution in [-0.2, 0) is 34.6 Å². The third-order valence-electron chi connectivity index (χ3n) is 5.51. The van der Waals surface area contributed by atoms with Gasteiger partial charge in [0, 0.05) is 37.8 Å². The SMILES string of the molecule is Cn1nc2c(cc1=O)C[C@@H](NC(=O)c1ccc(S(=O)(=O)N3CCOCC3)cc1)CC2. The van der Waals surface area contributed by atoms with E-state index in [-0.39, 0.29) is 22.4 Å².